The first-order chi connectivity index (χ1) is 15.1. The normalized spacial score (nSPS) is 43.5. The van der Waals surface area contributed by atoms with Crippen molar-refractivity contribution in [3.05, 3.63) is 11.1 Å². The lowest BCUT2D eigenvalue weighted by Gasteiger charge is -2.61. The summed E-state index contributed by atoms with van der Waals surface area (Å²) in [5.74, 6) is 1.77. The highest BCUT2D eigenvalue weighted by Crippen LogP contribution is 2.72. The predicted octanol–water partition coefficient (Wildman–Crippen LogP) is 6.59. The second-order valence-corrected chi connectivity index (χ2v) is 14.3. The van der Waals surface area contributed by atoms with Gasteiger partial charge in [-0.15, -0.1) is 0 Å². The van der Waals surface area contributed by atoms with E-state index in [0.717, 1.165) is 12.8 Å². The van der Waals surface area contributed by atoms with Gasteiger partial charge >= 0.3 is 0 Å². The minimum Gasteiger partial charge on any atom is -0.443 e. The third kappa shape index (κ3) is 3.62. The molecule has 0 saturated heterocycles. The summed E-state index contributed by atoms with van der Waals surface area (Å²) < 4.78 is 0. The van der Waals surface area contributed by atoms with Crippen LogP contribution in [0.3, 0.4) is 0 Å². The molecule has 3 heteroatoms. The van der Waals surface area contributed by atoms with Gasteiger partial charge in [-0.3, -0.25) is 4.79 Å². The van der Waals surface area contributed by atoms with E-state index in [4.69, 9.17) is 5.11 Å². The quantitative estimate of drug-likeness (QED) is 0.372. The van der Waals surface area contributed by atoms with Gasteiger partial charge in [-0.1, -0.05) is 52.7 Å². The molecule has 188 valence electrons. The fourth-order valence-electron chi connectivity index (χ4n) is 9.51. The van der Waals surface area contributed by atoms with Crippen molar-refractivity contribution in [1.82, 2.24) is 0 Å². The molecule has 7 atom stereocenters. The molecule has 0 aromatic rings. The van der Waals surface area contributed by atoms with Gasteiger partial charge in [-0.2, -0.15) is 0 Å². The Bertz CT molecular complexity index is 832. The lowest BCUT2D eigenvalue weighted by molar-refractivity contribution is -0.134. The maximum absolute atomic E-state index is 12.4. The Morgan fingerprint density at radius 1 is 1.03 bits per heavy atom. The van der Waals surface area contributed by atoms with Crippen LogP contribution in [-0.4, -0.2) is 27.7 Å². The molecule has 2 fully saturated rings. The molecule has 2 unspecified atom stereocenters. The molecule has 0 radical (unpaired) electrons. The Balaban J connectivity index is 1.61. The van der Waals surface area contributed by atoms with Crippen LogP contribution in [0.2, 0.25) is 0 Å². The van der Waals surface area contributed by atoms with Crippen LogP contribution >= 0.6 is 0 Å². The summed E-state index contributed by atoms with van der Waals surface area (Å²) >= 11 is 0. The van der Waals surface area contributed by atoms with E-state index in [-0.39, 0.29) is 28.1 Å². The van der Waals surface area contributed by atoms with Crippen molar-refractivity contribution in [2.45, 2.75) is 131 Å². The first kappa shape index (κ1) is 25.4. The van der Waals surface area contributed by atoms with Crippen LogP contribution in [0.25, 0.3) is 0 Å². The number of rotatable bonds is 5. The Kier molecular flexibility index (Phi) is 6.10. The van der Waals surface area contributed by atoms with Gasteiger partial charge in [0, 0.05) is 18.3 Å². The molecule has 2 saturated carbocycles. The number of ketones is 1. The highest BCUT2D eigenvalue weighted by molar-refractivity contribution is 5.86. The van der Waals surface area contributed by atoms with E-state index in [1.165, 1.54) is 44.9 Å². The highest BCUT2D eigenvalue weighted by Gasteiger charge is 2.63. The second kappa shape index (κ2) is 7.92. The van der Waals surface area contributed by atoms with Gasteiger partial charge in [0.05, 0.1) is 0 Å². The zero-order chi connectivity index (χ0) is 24.6. The number of Topliss-reactive ketones (excluding diaryl/α,β-unsaturated/α-hetero) is 1. The SMILES string of the molecule is CC(CCC(=O)C(C)(C)O)C1CC[C@@]2(C)C3=C(CC[C@]12C)[C@@]1(C)CC[C@H]([OH2+])C(C)(C)[C@@H]1CC3. The molecule has 3 N–H and O–H groups in total. The van der Waals surface area contributed by atoms with Gasteiger partial charge in [-0.05, 0) is 99.2 Å². The van der Waals surface area contributed by atoms with E-state index in [1.807, 2.05) is 0 Å². The molecule has 33 heavy (non-hydrogen) atoms. The van der Waals surface area contributed by atoms with Gasteiger partial charge in [0.1, 0.15) is 5.60 Å². The Hall–Kier alpha value is -0.670. The summed E-state index contributed by atoms with van der Waals surface area (Å²) in [5.41, 5.74) is 3.34. The molecule has 0 aliphatic heterocycles. The summed E-state index contributed by atoms with van der Waals surface area (Å²) in [6.07, 6.45) is 11.2. The average molecular weight is 460 g/mol. The van der Waals surface area contributed by atoms with Gasteiger partial charge in [-0.25, -0.2) is 0 Å². The molecule has 0 heterocycles. The smallest absolute Gasteiger partial charge is 0.163 e. The number of hydrogen-bond acceptors (Lipinski definition) is 2. The number of hydrogen-bond donors (Lipinski definition) is 1. The largest absolute Gasteiger partial charge is 0.443 e. The summed E-state index contributed by atoms with van der Waals surface area (Å²) in [5, 5.41) is 18.8. The second-order valence-electron chi connectivity index (χ2n) is 14.3. The van der Waals surface area contributed by atoms with Gasteiger partial charge in [0.2, 0.25) is 0 Å². The standard InChI is InChI=1S/C30H50O3/c1-19(9-12-25(32)27(4,5)33)20-13-17-30(8)22-10-11-23-26(2,3)24(31)15-16-28(23,6)21(22)14-18-29(20,30)7/h19-20,23-24,31,33H,9-18H2,1-8H3/p+1/t19?,20?,23-,24-,28+,29+,30-/m0/s1. The lowest BCUT2D eigenvalue weighted by Crippen LogP contribution is -2.55. The number of carbonyl (C=O) groups excluding carboxylic acids is 1. The lowest BCUT2D eigenvalue weighted by atomic mass is 9.43. The summed E-state index contributed by atoms with van der Waals surface area (Å²) in [7, 11) is 0. The first-order valence-corrected chi connectivity index (χ1v) is 13.8. The third-order valence-electron chi connectivity index (χ3n) is 12.0. The van der Waals surface area contributed by atoms with E-state index >= 15 is 0 Å². The van der Waals surface area contributed by atoms with Crippen molar-refractivity contribution < 1.29 is 15.0 Å². The zero-order valence-electron chi connectivity index (χ0n) is 22.7. The van der Waals surface area contributed by atoms with E-state index in [9.17, 15) is 9.90 Å². The van der Waals surface area contributed by atoms with Crippen molar-refractivity contribution in [2.24, 2.45) is 39.4 Å². The minimum atomic E-state index is -1.21. The van der Waals surface area contributed by atoms with E-state index in [1.54, 1.807) is 25.0 Å². The van der Waals surface area contributed by atoms with Crippen LogP contribution in [-0.2, 0) is 4.79 Å². The van der Waals surface area contributed by atoms with E-state index in [0.29, 0.717) is 29.6 Å². The van der Waals surface area contributed by atoms with Crippen LogP contribution in [0.5, 0.6) is 0 Å². The average Bonchev–Trinajstić information content (AvgIpc) is 3.00. The van der Waals surface area contributed by atoms with Crippen molar-refractivity contribution in [1.29, 1.82) is 0 Å². The summed E-state index contributed by atoms with van der Waals surface area (Å²) in [6.45, 7) is 18.1. The van der Waals surface area contributed by atoms with Gasteiger partial charge in [0.25, 0.3) is 0 Å². The molecule has 0 spiro atoms. The molecular weight excluding hydrogens is 408 g/mol. The van der Waals surface area contributed by atoms with Crippen LogP contribution < -0.4 is 0 Å². The van der Waals surface area contributed by atoms with Crippen molar-refractivity contribution >= 4 is 5.78 Å². The fraction of sp³-hybridized carbons (Fsp3) is 0.900. The highest BCUT2D eigenvalue weighted by atomic mass is 16.3. The Morgan fingerprint density at radius 2 is 1.70 bits per heavy atom. The van der Waals surface area contributed by atoms with Crippen molar-refractivity contribution in [3.8, 4) is 0 Å². The number of carbonyl (C=O) groups is 1. The predicted molar refractivity (Wildman–Crippen MR) is 136 cm³/mol. The molecule has 0 amide bonds. The van der Waals surface area contributed by atoms with Gasteiger partial charge < -0.3 is 10.2 Å². The Morgan fingerprint density at radius 3 is 2.33 bits per heavy atom. The van der Waals surface area contributed by atoms with Crippen molar-refractivity contribution in [2.75, 3.05) is 0 Å². The van der Waals surface area contributed by atoms with Crippen LogP contribution in [0.4, 0.5) is 0 Å². The minimum absolute atomic E-state index is 0.0206. The molecule has 0 aromatic carbocycles. The topological polar surface area (TPSA) is 60.2 Å². The van der Waals surface area contributed by atoms with Crippen LogP contribution in [0.15, 0.2) is 11.1 Å². The van der Waals surface area contributed by atoms with E-state index < -0.39 is 5.60 Å². The first-order valence-electron chi connectivity index (χ1n) is 13.8. The van der Waals surface area contributed by atoms with E-state index in [2.05, 4.69) is 41.5 Å². The Labute approximate surface area is 202 Å². The zero-order valence-corrected chi connectivity index (χ0v) is 22.7. The maximum Gasteiger partial charge on any atom is 0.163 e. The molecule has 4 aliphatic carbocycles. The molecule has 4 rings (SSSR count). The molecule has 0 aromatic heterocycles. The summed E-state index contributed by atoms with van der Waals surface area (Å²) in [4.78, 5) is 12.4. The molecule has 0 bridgehead atoms. The third-order valence-corrected chi connectivity index (χ3v) is 12.0. The van der Waals surface area contributed by atoms with Crippen molar-refractivity contribution in [3.63, 3.8) is 0 Å². The van der Waals surface area contributed by atoms with Gasteiger partial charge in [0.15, 0.2) is 11.9 Å². The van der Waals surface area contributed by atoms with Crippen LogP contribution in [0, 0.1) is 39.4 Å². The number of fused-ring (bicyclic) bond motifs is 4. The number of allylic oxidation sites excluding steroid dienone is 2. The molecular formula is C30H51O3+. The fourth-order valence-corrected chi connectivity index (χ4v) is 9.51. The number of aliphatic hydroxyl groups is 1. The summed E-state index contributed by atoms with van der Waals surface area (Å²) in [6, 6.07) is 0. The maximum atomic E-state index is 12.4. The van der Waals surface area contributed by atoms with Crippen LogP contribution in [0.1, 0.15) is 120 Å². The monoisotopic (exact) mass is 459 g/mol. The molecule has 3 nitrogen and oxygen atoms in total. The molecule has 4 aliphatic rings.